The zero-order valence-corrected chi connectivity index (χ0v) is 10.6. The molecule has 1 rings (SSSR count). The number of hydrogen-bond donors (Lipinski definition) is 1. The van der Waals surface area contributed by atoms with Crippen LogP contribution in [0.2, 0.25) is 0 Å². The third kappa shape index (κ3) is 2.72. The predicted molar refractivity (Wildman–Crippen MR) is 58.8 cm³/mol. The molecule has 1 fully saturated rings. The van der Waals surface area contributed by atoms with Gasteiger partial charge in [-0.1, -0.05) is 13.8 Å². The first-order valence-electron chi connectivity index (χ1n) is 5.25. The van der Waals surface area contributed by atoms with E-state index in [0.29, 0.717) is 13.1 Å². The molecule has 16 heavy (non-hydrogen) atoms. The Bertz CT molecular complexity index is 355. The molecule has 0 spiro atoms. The topological polar surface area (TPSA) is 75.7 Å². The maximum absolute atomic E-state index is 11.7. The molecule has 6 nitrogen and oxygen atoms in total. The summed E-state index contributed by atoms with van der Waals surface area (Å²) < 4.78 is 31.7. The highest BCUT2D eigenvalue weighted by atomic mass is 32.2. The summed E-state index contributed by atoms with van der Waals surface area (Å²) in [5.74, 6) is -0.721. The summed E-state index contributed by atoms with van der Waals surface area (Å²) in [6.45, 7) is 4.46. The van der Waals surface area contributed by atoms with Gasteiger partial charge in [-0.05, 0) is 5.92 Å². The monoisotopic (exact) mass is 250 g/mol. The van der Waals surface area contributed by atoms with Crippen LogP contribution in [0, 0.1) is 11.8 Å². The Morgan fingerprint density at radius 3 is 2.62 bits per heavy atom. The second-order valence-electron chi connectivity index (χ2n) is 3.93. The Hall–Kier alpha value is -0.660. The first kappa shape index (κ1) is 13.4. The number of rotatable bonds is 4. The summed E-state index contributed by atoms with van der Waals surface area (Å²) in [5, 5.41) is 0. The van der Waals surface area contributed by atoms with Crippen molar-refractivity contribution in [1.29, 1.82) is 0 Å². The van der Waals surface area contributed by atoms with E-state index in [1.54, 1.807) is 6.92 Å². The van der Waals surface area contributed by atoms with E-state index in [1.165, 1.54) is 11.4 Å². The Morgan fingerprint density at radius 2 is 2.12 bits per heavy atom. The van der Waals surface area contributed by atoms with Crippen molar-refractivity contribution in [2.45, 2.75) is 13.8 Å². The third-order valence-electron chi connectivity index (χ3n) is 2.75. The molecule has 0 aromatic carbocycles. The summed E-state index contributed by atoms with van der Waals surface area (Å²) in [5.41, 5.74) is 0. The molecule has 0 saturated carbocycles. The summed E-state index contributed by atoms with van der Waals surface area (Å²) in [6, 6.07) is 0. The fraction of sp³-hybridized carbons (Fsp3) is 0.889. The first-order valence-corrected chi connectivity index (χ1v) is 6.69. The van der Waals surface area contributed by atoms with Crippen molar-refractivity contribution in [2.24, 2.45) is 11.8 Å². The Balaban J connectivity index is 2.73. The second kappa shape index (κ2) is 5.11. The molecule has 0 amide bonds. The molecule has 2 unspecified atom stereocenters. The number of carbonyl (C=O) groups excluding carboxylic acids is 1. The molecule has 1 aliphatic rings. The van der Waals surface area contributed by atoms with Crippen LogP contribution in [0.15, 0.2) is 0 Å². The van der Waals surface area contributed by atoms with E-state index in [9.17, 15) is 13.2 Å². The maximum atomic E-state index is 11.7. The molecule has 1 aliphatic heterocycles. The number of methoxy groups -OCH3 is 1. The van der Waals surface area contributed by atoms with Gasteiger partial charge < -0.3 is 4.74 Å². The number of esters is 1. The van der Waals surface area contributed by atoms with Gasteiger partial charge in [0.1, 0.15) is 0 Å². The van der Waals surface area contributed by atoms with Gasteiger partial charge in [-0.15, -0.1) is 0 Å². The number of hydrogen-bond acceptors (Lipinski definition) is 4. The van der Waals surface area contributed by atoms with E-state index in [2.05, 4.69) is 9.46 Å². The summed E-state index contributed by atoms with van der Waals surface area (Å²) in [7, 11) is -2.13. The minimum Gasteiger partial charge on any atom is -0.469 e. The Kier molecular flexibility index (Phi) is 4.28. The molecular formula is C9H18N2O4S. The number of carbonyl (C=O) groups is 1. The van der Waals surface area contributed by atoms with Gasteiger partial charge in [0.2, 0.25) is 0 Å². The van der Waals surface area contributed by atoms with Gasteiger partial charge in [0, 0.05) is 19.6 Å². The van der Waals surface area contributed by atoms with Crippen LogP contribution in [0.4, 0.5) is 0 Å². The van der Waals surface area contributed by atoms with Gasteiger partial charge in [0.25, 0.3) is 10.2 Å². The lowest BCUT2D eigenvalue weighted by Crippen LogP contribution is -2.39. The van der Waals surface area contributed by atoms with Gasteiger partial charge >= 0.3 is 5.97 Å². The van der Waals surface area contributed by atoms with Gasteiger partial charge in [-0.25, -0.2) is 4.72 Å². The molecule has 7 heteroatoms. The molecule has 0 radical (unpaired) electrons. The maximum Gasteiger partial charge on any atom is 0.310 e. The third-order valence-corrected chi connectivity index (χ3v) is 4.38. The van der Waals surface area contributed by atoms with Crippen LogP contribution >= 0.6 is 0 Å². The molecular weight excluding hydrogens is 232 g/mol. The molecule has 1 saturated heterocycles. The molecule has 0 aliphatic carbocycles. The molecule has 0 bridgehead atoms. The van der Waals surface area contributed by atoms with E-state index in [1.807, 2.05) is 6.92 Å². The van der Waals surface area contributed by atoms with Crippen molar-refractivity contribution in [3.8, 4) is 0 Å². The first-order chi connectivity index (χ1) is 7.42. The van der Waals surface area contributed by atoms with Crippen LogP contribution in [0.25, 0.3) is 0 Å². The minimum absolute atomic E-state index is 0.0131. The van der Waals surface area contributed by atoms with Crippen molar-refractivity contribution >= 4 is 16.2 Å². The summed E-state index contributed by atoms with van der Waals surface area (Å²) in [6.07, 6.45) is 0. The number of nitrogens with zero attached hydrogens (tertiary/aromatic N) is 1. The smallest absolute Gasteiger partial charge is 0.310 e. The van der Waals surface area contributed by atoms with Crippen molar-refractivity contribution in [3.63, 3.8) is 0 Å². The highest BCUT2D eigenvalue weighted by Crippen LogP contribution is 2.25. The lowest BCUT2D eigenvalue weighted by molar-refractivity contribution is -0.145. The molecule has 1 N–H and O–H groups in total. The van der Waals surface area contributed by atoms with Crippen LogP contribution in [-0.2, 0) is 19.7 Å². The average molecular weight is 250 g/mol. The number of nitrogens with one attached hydrogen (secondary N) is 1. The molecule has 1 heterocycles. The van der Waals surface area contributed by atoms with Gasteiger partial charge in [0.15, 0.2) is 0 Å². The van der Waals surface area contributed by atoms with Crippen LogP contribution in [0.5, 0.6) is 0 Å². The summed E-state index contributed by atoms with van der Waals surface area (Å²) in [4.78, 5) is 11.4. The normalized spacial score (nSPS) is 26.9. The van der Waals surface area contributed by atoms with Crippen molar-refractivity contribution in [2.75, 3.05) is 26.7 Å². The molecule has 2 atom stereocenters. The molecule has 0 aromatic rings. The van der Waals surface area contributed by atoms with E-state index < -0.39 is 10.2 Å². The van der Waals surface area contributed by atoms with Gasteiger partial charge in [-0.3, -0.25) is 4.79 Å². The second-order valence-corrected chi connectivity index (χ2v) is 5.68. The van der Waals surface area contributed by atoms with Crippen molar-refractivity contribution in [1.82, 2.24) is 9.03 Å². The predicted octanol–water partition coefficient (Wildman–Crippen LogP) is -0.418. The van der Waals surface area contributed by atoms with Crippen LogP contribution in [0.1, 0.15) is 13.8 Å². The van der Waals surface area contributed by atoms with Gasteiger partial charge in [0.05, 0.1) is 13.0 Å². The van der Waals surface area contributed by atoms with Crippen molar-refractivity contribution in [3.05, 3.63) is 0 Å². The zero-order chi connectivity index (χ0) is 12.3. The fourth-order valence-electron chi connectivity index (χ4n) is 1.85. The highest BCUT2D eigenvalue weighted by Gasteiger charge is 2.40. The number of ether oxygens (including phenoxy) is 1. The van der Waals surface area contributed by atoms with Crippen LogP contribution < -0.4 is 4.72 Å². The minimum atomic E-state index is -3.44. The van der Waals surface area contributed by atoms with Gasteiger partial charge in [-0.2, -0.15) is 12.7 Å². The van der Waals surface area contributed by atoms with Crippen molar-refractivity contribution < 1.29 is 17.9 Å². The van der Waals surface area contributed by atoms with Crippen LogP contribution in [0.3, 0.4) is 0 Å². The average Bonchev–Trinajstić information content (AvgIpc) is 2.60. The Labute approximate surface area is 96.1 Å². The van der Waals surface area contributed by atoms with Crippen LogP contribution in [-0.4, -0.2) is 45.4 Å². The lowest BCUT2D eigenvalue weighted by atomic mass is 9.99. The SMILES string of the molecule is CCNS(=O)(=O)N1CC(C)C(C(=O)OC)C1. The van der Waals surface area contributed by atoms with E-state index >= 15 is 0 Å². The largest absolute Gasteiger partial charge is 0.469 e. The lowest BCUT2D eigenvalue weighted by Gasteiger charge is -2.15. The molecule has 0 aromatic heterocycles. The highest BCUT2D eigenvalue weighted by molar-refractivity contribution is 7.87. The van der Waals surface area contributed by atoms with E-state index in [-0.39, 0.29) is 24.3 Å². The fourth-order valence-corrected chi connectivity index (χ4v) is 3.19. The Morgan fingerprint density at radius 1 is 1.50 bits per heavy atom. The van der Waals surface area contributed by atoms with E-state index in [4.69, 9.17) is 0 Å². The standard InChI is InChI=1S/C9H18N2O4S/c1-4-10-16(13,14)11-5-7(2)8(6-11)9(12)15-3/h7-8,10H,4-6H2,1-3H3. The quantitative estimate of drug-likeness (QED) is 0.688. The zero-order valence-electron chi connectivity index (χ0n) is 9.76. The summed E-state index contributed by atoms with van der Waals surface area (Å²) >= 11 is 0. The van der Waals surface area contributed by atoms with E-state index in [0.717, 1.165) is 0 Å². The molecule has 94 valence electrons.